The largest absolute Gasteiger partial charge is 0.507 e. The summed E-state index contributed by atoms with van der Waals surface area (Å²) < 4.78 is 39.1. The van der Waals surface area contributed by atoms with Crippen LogP contribution < -0.4 is 14.4 Å². The summed E-state index contributed by atoms with van der Waals surface area (Å²) in [5, 5.41) is 11.4. The molecule has 1 saturated heterocycles. The Hall–Kier alpha value is -4.20. The Morgan fingerprint density at radius 2 is 1.68 bits per heavy atom. The van der Waals surface area contributed by atoms with Gasteiger partial charge < -0.3 is 14.6 Å². The van der Waals surface area contributed by atoms with Crippen LogP contribution in [-0.2, 0) is 9.59 Å². The highest BCUT2D eigenvalue weighted by Gasteiger charge is 2.47. The third-order valence-electron chi connectivity index (χ3n) is 6.15. The van der Waals surface area contributed by atoms with E-state index >= 15 is 0 Å². The Morgan fingerprint density at radius 3 is 2.29 bits per heavy atom. The average molecular weight is 522 g/mol. The first-order valence-electron chi connectivity index (χ1n) is 12.3. The lowest BCUT2D eigenvalue weighted by atomic mass is 9.94. The number of aliphatic hydroxyl groups is 1. The molecule has 1 fully saturated rings. The van der Waals surface area contributed by atoms with Crippen LogP contribution in [0.4, 0.5) is 14.5 Å². The maximum atomic E-state index is 14.2. The number of ether oxygens (including phenoxy) is 2. The molecule has 0 spiro atoms. The van der Waals surface area contributed by atoms with Crippen molar-refractivity contribution in [1.29, 1.82) is 0 Å². The molecule has 1 heterocycles. The van der Waals surface area contributed by atoms with E-state index in [4.69, 9.17) is 9.47 Å². The molecule has 198 valence electrons. The summed E-state index contributed by atoms with van der Waals surface area (Å²) in [6.45, 7) is 8.68. The number of halogens is 2. The van der Waals surface area contributed by atoms with Gasteiger partial charge in [-0.05, 0) is 73.4 Å². The third kappa shape index (κ3) is 5.25. The van der Waals surface area contributed by atoms with Gasteiger partial charge in [0.15, 0.2) is 11.6 Å². The van der Waals surface area contributed by atoms with Crippen LogP contribution in [0, 0.1) is 24.5 Å². The maximum Gasteiger partial charge on any atom is 0.300 e. The zero-order valence-electron chi connectivity index (χ0n) is 21.6. The van der Waals surface area contributed by atoms with Gasteiger partial charge in [0.2, 0.25) is 0 Å². The van der Waals surface area contributed by atoms with Crippen molar-refractivity contribution in [3.63, 3.8) is 0 Å². The van der Waals surface area contributed by atoms with E-state index in [-0.39, 0.29) is 17.0 Å². The lowest BCUT2D eigenvalue weighted by Gasteiger charge is -2.25. The highest BCUT2D eigenvalue weighted by Crippen LogP contribution is 2.43. The molecule has 1 aliphatic rings. The van der Waals surface area contributed by atoms with Gasteiger partial charge in [-0.2, -0.15) is 0 Å². The molecule has 38 heavy (non-hydrogen) atoms. The van der Waals surface area contributed by atoms with Crippen LogP contribution in [-0.4, -0.2) is 30.0 Å². The fraction of sp³-hybridized carbons (Fsp3) is 0.267. The number of carbonyl (C=O) groups excluding carboxylic acids is 2. The fourth-order valence-electron chi connectivity index (χ4n) is 4.33. The van der Waals surface area contributed by atoms with Crippen LogP contribution in [0.25, 0.3) is 5.76 Å². The van der Waals surface area contributed by atoms with E-state index in [0.29, 0.717) is 41.8 Å². The molecule has 1 atom stereocenters. The summed E-state index contributed by atoms with van der Waals surface area (Å²) in [5.74, 6) is -3.00. The van der Waals surface area contributed by atoms with Crippen LogP contribution >= 0.6 is 0 Å². The summed E-state index contributed by atoms with van der Waals surface area (Å²) in [4.78, 5) is 27.6. The molecule has 3 aromatic carbocycles. The van der Waals surface area contributed by atoms with E-state index in [2.05, 4.69) is 0 Å². The Labute approximate surface area is 220 Å². The minimum Gasteiger partial charge on any atom is -0.507 e. The predicted octanol–water partition coefficient (Wildman–Crippen LogP) is 6.33. The number of aryl methyl sites for hydroxylation is 1. The van der Waals surface area contributed by atoms with Crippen molar-refractivity contribution in [2.75, 3.05) is 18.1 Å². The van der Waals surface area contributed by atoms with Crippen LogP contribution in [0.1, 0.15) is 43.5 Å². The number of benzene rings is 3. The van der Waals surface area contributed by atoms with Crippen LogP contribution in [0.5, 0.6) is 11.5 Å². The topological polar surface area (TPSA) is 76.1 Å². The summed E-state index contributed by atoms with van der Waals surface area (Å²) in [6, 6.07) is 13.5. The van der Waals surface area contributed by atoms with Crippen molar-refractivity contribution in [1.82, 2.24) is 0 Å². The van der Waals surface area contributed by atoms with Crippen molar-refractivity contribution in [3.8, 4) is 11.5 Å². The van der Waals surface area contributed by atoms with E-state index in [1.54, 1.807) is 42.5 Å². The van der Waals surface area contributed by atoms with Crippen LogP contribution in [0.3, 0.4) is 0 Å². The van der Waals surface area contributed by atoms with E-state index in [9.17, 15) is 23.5 Å². The molecule has 4 rings (SSSR count). The number of rotatable bonds is 8. The van der Waals surface area contributed by atoms with Gasteiger partial charge in [-0.15, -0.1) is 0 Å². The maximum absolute atomic E-state index is 14.2. The first-order valence-corrected chi connectivity index (χ1v) is 12.3. The predicted molar refractivity (Wildman–Crippen MR) is 140 cm³/mol. The van der Waals surface area contributed by atoms with Crippen molar-refractivity contribution in [2.24, 2.45) is 5.92 Å². The molecule has 1 aliphatic heterocycles. The van der Waals surface area contributed by atoms with Crippen LogP contribution in [0.15, 0.2) is 66.2 Å². The number of ketones is 1. The quantitative estimate of drug-likeness (QED) is 0.213. The molecule has 8 heteroatoms. The zero-order valence-corrected chi connectivity index (χ0v) is 21.6. The Kier molecular flexibility index (Phi) is 7.80. The molecule has 0 aliphatic carbocycles. The van der Waals surface area contributed by atoms with Gasteiger partial charge in [0.25, 0.3) is 11.7 Å². The highest BCUT2D eigenvalue weighted by atomic mass is 19.2. The lowest BCUT2D eigenvalue weighted by Crippen LogP contribution is -2.29. The molecule has 1 N–H and O–H groups in total. The second-order valence-electron chi connectivity index (χ2n) is 9.45. The second-order valence-corrected chi connectivity index (χ2v) is 9.45. The number of hydrogen-bond donors (Lipinski definition) is 1. The van der Waals surface area contributed by atoms with Gasteiger partial charge in [-0.1, -0.05) is 26.0 Å². The number of nitrogens with zero attached hydrogens (tertiary/aromatic N) is 1. The Bertz CT molecular complexity index is 1400. The minimum absolute atomic E-state index is 0.0162. The molecule has 0 radical (unpaired) electrons. The molecular formula is C30H29F2NO5. The van der Waals surface area contributed by atoms with Crippen molar-refractivity contribution >= 4 is 23.1 Å². The number of Topliss-reactive ketones (excluding diaryl/α,β-unsaturated/α-hetero) is 1. The Morgan fingerprint density at radius 1 is 0.974 bits per heavy atom. The van der Waals surface area contributed by atoms with E-state index < -0.39 is 29.4 Å². The molecule has 1 amide bonds. The number of carbonyl (C=O) groups is 2. The number of anilines is 1. The standard InChI is InChI=1S/C30H29F2NO5/c1-5-37-22-10-6-19(7-11-22)27-26(28(34)20-8-13-25(18(4)14-20)38-16-17(2)3)29(35)30(36)33(27)21-9-12-23(31)24(32)15-21/h6-15,17,27,34H,5,16H2,1-4H3/b28-26+. The molecule has 0 aromatic heterocycles. The lowest BCUT2D eigenvalue weighted by molar-refractivity contribution is -0.132. The summed E-state index contributed by atoms with van der Waals surface area (Å²) in [5.41, 5.74) is 1.35. The summed E-state index contributed by atoms with van der Waals surface area (Å²) in [6.07, 6.45) is 0. The third-order valence-corrected chi connectivity index (χ3v) is 6.15. The first kappa shape index (κ1) is 26.9. The van der Waals surface area contributed by atoms with E-state index in [0.717, 1.165) is 22.6 Å². The average Bonchev–Trinajstić information content (AvgIpc) is 3.15. The summed E-state index contributed by atoms with van der Waals surface area (Å²) >= 11 is 0. The number of aliphatic hydroxyl groups excluding tert-OH is 1. The smallest absolute Gasteiger partial charge is 0.300 e. The molecule has 0 saturated carbocycles. The molecule has 6 nitrogen and oxygen atoms in total. The molecule has 1 unspecified atom stereocenters. The molecule has 3 aromatic rings. The highest BCUT2D eigenvalue weighted by molar-refractivity contribution is 6.51. The van der Waals surface area contributed by atoms with Gasteiger partial charge in [-0.25, -0.2) is 8.78 Å². The normalized spacial score (nSPS) is 16.8. The van der Waals surface area contributed by atoms with Crippen molar-refractivity contribution in [2.45, 2.75) is 33.7 Å². The monoisotopic (exact) mass is 521 g/mol. The van der Waals surface area contributed by atoms with Gasteiger partial charge in [0.05, 0.1) is 24.8 Å². The second kappa shape index (κ2) is 11.0. The minimum atomic E-state index is -1.16. The molecule has 0 bridgehead atoms. The Balaban J connectivity index is 1.85. The fourth-order valence-corrected chi connectivity index (χ4v) is 4.33. The molecular weight excluding hydrogens is 492 g/mol. The van der Waals surface area contributed by atoms with E-state index in [1.807, 2.05) is 27.7 Å². The number of amides is 1. The van der Waals surface area contributed by atoms with Gasteiger partial charge in [0, 0.05) is 17.3 Å². The first-order chi connectivity index (χ1) is 18.1. The van der Waals surface area contributed by atoms with Gasteiger partial charge in [-0.3, -0.25) is 14.5 Å². The van der Waals surface area contributed by atoms with Crippen LogP contribution in [0.2, 0.25) is 0 Å². The van der Waals surface area contributed by atoms with Crippen molar-refractivity contribution in [3.05, 3.63) is 94.6 Å². The van der Waals surface area contributed by atoms with Crippen molar-refractivity contribution < 1.29 is 33.0 Å². The van der Waals surface area contributed by atoms with Gasteiger partial charge >= 0.3 is 0 Å². The number of hydrogen-bond acceptors (Lipinski definition) is 5. The SMILES string of the molecule is CCOc1ccc(C2/C(=C(\O)c3ccc(OCC(C)C)c(C)c3)C(=O)C(=O)N2c2ccc(F)c(F)c2)cc1. The zero-order chi connectivity index (χ0) is 27.6. The van der Waals surface area contributed by atoms with E-state index in [1.165, 1.54) is 6.07 Å². The summed E-state index contributed by atoms with van der Waals surface area (Å²) in [7, 11) is 0. The van der Waals surface area contributed by atoms with Gasteiger partial charge in [0.1, 0.15) is 17.3 Å².